The Morgan fingerprint density at radius 3 is 1.85 bits per heavy atom. The Morgan fingerprint density at radius 1 is 0.758 bits per heavy atom. The fraction of sp³-hybridized carbons (Fsp3) is 0.556. The van der Waals surface area contributed by atoms with E-state index in [2.05, 4.69) is 11.7 Å². The molecule has 4 rings (SSSR count). The van der Waals surface area contributed by atoms with Gasteiger partial charge in [0.2, 0.25) is 0 Å². The first-order valence-corrected chi connectivity index (χ1v) is 12.0. The summed E-state index contributed by atoms with van der Waals surface area (Å²) in [5.74, 6) is -1.30. The van der Waals surface area contributed by atoms with Gasteiger partial charge in [-0.15, -0.1) is 0 Å². The van der Waals surface area contributed by atoms with Crippen LogP contribution in [0.1, 0.15) is 80.9 Å². The predicted molar refractivity (Wildman–Crippen MR) is 118 cm³/mol. The van der Waals surface area contributed by atoms with Gasteiger partial charge >= 0.3 is 6.11 Å². The molecule has 2 saturated carbocycles. The van der Waals surface area contributed by atoms with Crippen molar-refractivity contribution in [1.82, 2.24) is 0 Å². The van der Waals surface area contributed by atoms with Crippen molar-refractivity contribution in [3.05, 3.63) is 64.5 Å². The van der Waals surface area contributed by atoms with Crippen LogP contribution in [0.15, 0.2) is 30.3 Å². The molecule has 33 heavy (non-hydrogen) atoms. The molecule has 1 nitrogen and oxygen atoms in total. The molecule has 2 aliphatic rings. The Labute approximate surface area is 192 Å². The average Bonchev–Trinajstić information content (AvgIpc) is 2.77. The molecule has 0 radical (unpaired) electrons. The van der Waals surface area contributed by atoms with Gasteiger partial charge in [0.05, 0.1) is 5.56 Å². The molecule has 0 bridgehead atoms. The maximum Gasteiger partial charge on any atom is 0.429 e. The van der Waals surface area contributed by atoms with Crippen molar-refractivity contribution in [2.45, 2.75) is 77.2 Å². The molecule has 2 aliphatic carbocycles. The largest absolute Gasteiger partial charge is 0.429 e. The van der Waals surface area contributed by atoms with E-state index in [-0.39, 0.29) is 11.5 Å². The highest BCUT2D eigenvalue weighted by Gasteiger charge is 2.39. The van der Waals surface area contributed by atoms with Crippen molar-refractivity contribution in [3.63, 3.8) is 0 Å². The summed E-state index contributed by atoms with van der Waals surface area (Å²) in [6.07, 6.45) is 5.19. The Bertz CT molecular complexity index is 949. The third-order valence-corrected chi connectivity index (χ3v) is 7.78. The third kappa shape index (κ3) is 5.36. The molecule has 0 N–H and O–H groups in total. The second-order valence-electron chi connectivity index (χ2n) is 10.0. The summed E-state index contributed by atoms with van der Waals surface area (Å²) in [4.78, 5) is 0. The van der Waals surface area contributed by atoms with Crippen molar-refractivity contribution < 1.29 is 26.7 Å². The highest BCUT2D eigenvalue weighted by Crippen LogP contribution is 2.44. The minimum absolute atomic E-state index is 0.155. The van der Waals surface area contributed by atoms with Gasteiger partial charge in [0, 0.05) is 17.7 Å². The van der Waals surface area contributed by atoms with Gasteiger partial charge in [-0.1, -0.05) is 25.8 Å². The second kappa shape index (κ2) is 9.63. The summed E-state index contributed by atoms with van der Waals surface area (Å²) in [6.45, 7) is 3.51. The SMILES string of the molecule is Cc1c(F)cc(OC(F)(F)c2ccc(C3CCC(C4CCC(C)CC4)CC3)cc2F)cc1F. The Hall–Kier alpha value is -2.11. The van der Waals surface area contributed by atoms with E-state index in [1.807, 2.05) is 0 Å². The summed E-state index contributed by atoms with van der Waals surface area (Å²) in [6, 6.07) is 5.06. The lowest BCUT2D eigenvalue weighted by Gasteiger charge is -2.37. The summed E-state index contributed by atoms with van der Waals surface area (Å²) in [5, 5.41) is 0. The molecule has 0 unspecified atom stereocenters. The Kier molecular flexibility index (Phi) is 7.01. The smallest absolute Gasteiger partial charge is 0.429 e. The van der Waals surface area contributed by atoms with Crippen molar-refractivity contribution in [2.75, 3.05) is 0 Å². The van der Waals surface area contributed by atoms with E-state index in [0.29, 0.717) is 18.1 Å². The fourth-order valence-electron chi connectivity index (χ4n) is 5.59. The van der Waals surface area contributed by atoms with Gasteiger partial charge in [0.1, 0.15) is 23.2 Å². The first-order chi connectivity index (χ1) is 15.6. The van der Waals surface area contributed by atoms with Gasteiger partial charge in [-0.05, 0) is 86.8 Å². The van der Waals surface area contributed by atoms with E-state index in [1.165, 1.54) is 38.7 Å². The van der Waals surface area contributed by atoms with Crippen LogP contribution in [-0.4, -0.2) is 0 Å². The number of hydrogen-bond acceptors (Lipinski definition) is 1. The molecule has 2 aromatic carbocycles. The van der Waals surface area contributed by atoms with Crippen LogP contribution in [0.25, 0.3) is 0 Å². The van der Waals surface area contributed by atoms with E-state index in [4.69, 9.17) is 0 Å². The fourth-order valence-corrected chi connectivity index (χ4v) is 5.59. The quantitative estimate of drug-likeness (QED) is 0.401. The zero-order chi connectivity index (χ0) is 23.8. The van der Waals surface area contributed by atoms with Crippen molar-refractivity contribution in [2.24, 2.45) is 17.8 Å². The van der Waals surface area contributed by atoms with Gasteiger partial charge in [-0.25, -0.2) is 13.2 Å². The molecule has 0 saturated heterocycles. The lowest BCUT2D eigenvalue weighted by molar-refractivity contribution is -0.187. The van der Waals surface area contributed by atoms with Crippen LogP contribution in [0.4, 0.5) is 22.0 Å². The van der Waals surface area contributed by atoms with Crippen LogP contribution in [0.3, 0.4) is 0 Å². The lowest BCUT2D eigenvalue weighted by atomic mass is 9.68. The van der Waals surface area contributed by atoms with Crippen molar-refractivity contribution in [3.8, 4) is 5.75 Å². The van der Waals surface area contributed by atoms with Gasteiger partial charge in [0.25, 0.3) is 0 Å². The number of ether oxygens (including phenoxy) is 1. The highest BCUT2D eigenvalue weighted by molar-refractivity contribution is 5.33. The molecule has 0 heterocycles. The maximum atomic E-state index is 14.7. The van der Waals surface area contributed by atoms with Gasteiger partial charge in [-0.3, -0.25) is 0 Å². The second-order valence-corrected chi connectivity index (χ2v) is 10.0. The molecule has 180 valence electrons. The number of benzene rings is 2. The minimum atomic E-state index is -4.06. The normalized spacial score (nSPS) is 26.3. The molecule has 6 heteroatoms. The number of rotatable bonds is 5. The highest BCUT2D eigenvalue weighted by atomic mass is 19.3. The topological polar surface area (TPSA) is 9.23 Å². The third-order valence-electron chi connectivity index (χ3n) is 7.78. The Morgan fingerprint density at radius 2 is 1.30 bits per heavy atom. The van der Waals surface area contributed by atoms with E-state index in [1.54, 1.807) is 0 Å². The number of hydrogen-bond donors (Lipinski definition) is 0. The van der Waals surface area contributed by atoms with Crippen molar-refractivity contribution >= 4 is 0 Å². The van der Waals surface area contributed by atoms with Crippen LogP contribution >= 0.6 is 0 Å². The lowest BCUT2D eigenvalue weighted by Crippen LogP contribution is -2.25. The molecule has 2 fully saturated rings. The van der Waals surface area contributed by atoms with Crippen LogP contribution in [-0.2, 0) is 6.11 Å². The van der Waals surface area contributed by atoms with E-state index in [9.17, 15) is 22.0 Å². The predicted octanol–water partition coefficient (Wildman–Crippen LogP) is 8.64. The van der Waals surface area contributed by atoms with Gasteiger partial charge in [-0.2, -0.15) is 8.78 Å². The van der Waals surface area contributed by atoms with Crippen LogP contribution in [0.5, 0.6) is 5.75 Å². The zero-order valence-corrected chi connectivity index (χ0v) is 19.2. The standard InChI is InChI=1S/C27H31F5O/c1-16-3-5-18(6-4-16)19-7-9-20(10-8-19)21-11-12-23(26(30)13-21)27(31,32)33-22-14-24(28)17(2)25(29)15-22/h11-16,18-20H,3-10H2,1-2H3. The van der Waals surface area contributed by atoms with E-state index < -0.39 is 34.9 Å². The van der Waals surface area contributed by atoms with Gasteiger partial charge in [0.15, 0.2) is 0 Å². The Balaban J connectivity index is 1.41. The summed E-state index contributed by atoms with van der Waals surface area (Å²) >= 11 is 0. The molecule has 0 amide bonds. The van der Waals surface area contributed by atoms with Gasteiger partial charge < -0.3 is 4.74 Å². The molecule has 2 aromatic rings. The first-order valence-electron chi connectivity index (χ1n) is 12.0. The molecule has 0 spiro atoms. The average molecular weight is 467 g/mol. The zero-order valence-electron chi connectivity index (χ0n) is 19.2. The van der Waals surface area contributed by atoms with E-state index >= 15 is 0 Å². The van der Waals surface area contributed by atoms with Crippen LogP contribution in [0.2, 0.25) is 0 Å². The summed E-state index contributed by atoms with van der Waals surface area (Å²) < 4.78 is 75.8. The monoisotopic (exact) mass is 466 g/mol. The molecular weight excluding hydrogens is 435 g/mol. The molecule has 0 atom stereocenters. The first kappa shape index (κ1) is 24.0. The number of alkyl halides is 2. The molecule has 0 aliphatic heterocycles. The molecule has 0 aromatic heterocycles. The molecular formula is C27H31F5O. The van der Waals surface area contributed by atoms with E-state index in [0.717, 1.165) is 55.2 Å². The minimum Gasteiger partial charge on any atom is -0.429 e. The maximum absolute atomic E-state index is 14.7. The summed E-state index contributed by atoms with van der Waals surface area (Å²) in [7, 11) is 0. The van der Waals surface area contributed by atoms with Crippen molar-refractivity contribution in [1.29, 1.82) is 0 Å². The summed E-state index contributed by atoms with van der Waals surface area (Å²) in [5.41, 5.74) is -0.526. The van der Waals surface area contributed by atoms with Crippen LogP contribution < -0.4 is 4.74 Å². The number of halogens is 5. The van der Waals surface area contributed by atoms with Crippen LogP contribution in [0, 0.1) is 42.1 Å².